The lowest BCUT2D eigenvalue weighted by molar-refractivity contribution is 0.101. The number of aromatic nitrogens is 1. The van der Waals surface area contributed by atoms with Gasteiger partial charge in [0.15, 0.2) is 5.76 Å². The number of carbonyl (C=O) groups is 1. The molecular weight excluding hydrogens is 364 g/mol. The number of benzene rings is 2. The number of ether oxygens (including phenoxy) is 1. The molecule has 29 heavy (non-hydrogen) atoms. The molecule has 2 N–H and O–H groups in total. The lowest BCUT2D eigenvalue weighted by atomic mass is 9.99. The van der Waals surface area contributed by atoms with Gasteiger partial charge < -0.3 is 14.8 Å². The van der Waals surface area contributed by atoms with Crippen LogP contribution in [-0.4, -0.2) is 33.9 Å². The normalized spacial score (nSPS) is 20.9. The first kappa shape index (κ1) is 18.0. The first-order valence-electron chi connectivity index (χ1n) is 10.2. The molecule has 1 saturated heterocycles. The Kier molecular flexibility index (Phi) is 4.40. The fourth-order valence-corrected chi connectivity index (χ4v) is 4.46. The number of carbonyl (C=O) groups excluding carboxylic acids is 1. The van der Waals surface area contributed by atoms with Crippen LogP contribution in [0.3, 0.4) is 0 Å². The summed E-state index contributed by atoms with van der Waals surface area (Å²) in [7, 11) is 0. The van der Waals surface area contributed by atoms with Crippen LogP contribution < -0.4 is 4.74 Å². The van der Waals surface area contributed by atoms with Gasteiger partial charge in [0, 0.05) is 35.8 Å². The molecule has 0 spiro atoms. The number of phenolic OH excluding ortho intramolecular Hbond substituents is 1. The third-order valence-electron chi connectivity index (χ3n) is 5.95. The van der Waals surface area contributed by atoms with Gasteiger partial charge >= 0.3 is 0 Å². The standard InChI is InChI=1S/C24H24N2O3/c1-15-5-4-10-26(13-15)14-19-21(27)9-8-18-23(28)22(29-24(18)19)11-16-12-25-20-7-3-2-6-17(16)20/h2-3,6-9,11-12,15,25,27H,4-5,10,13-14H2,1H3/b22-11-/t15-/m0/s1. The molecule has 148 valence electrons. The third-order valence-corrected chi connectivity index (χ3v) is 5.95. The summed E-state index contributed by atoms with van der Waals surface area (Å²) in [6.45, 7) is 4.84. The summed E-state index contributed by atoms with van der Waals surface area (Å²) in [6.07, 6.45) is 6.06. The van der Waals surface area contributed by atoms with E-state index in [9.17, 15) is 9.90 Å². The van der Waals surface area contributed by atoms with E-state index in [1.165, 1.54) is 6.42 Å². The third kappa shape index (κ3) is 3.21. The lowest BCUT2D eigenvalue weighted by Crippen LogP contribution is -2.33. The highest BCUT2D eigenvalue weighted by molar-refractivity contribution is 6.15. The summed E-state index contributed by atoms with van der Waals surface area (Å²) in [4.78, 5) is 18.5. The summed E-state index contributed by atoms with van der Waals surface area (Å²) in [5.41, 5.74) is 3.15. The minimum absolute atomic E-state index is 0.140. The highest BCUT2D eigenvalue weighted by atomic mass is 16.5. The van der Waals surface area contributed by atoms with Gasteiger partial charge in [-0.05, 0) is 49.6 Å². The van der Waals surface area contributed by atoms with Gasteiger partial charge in [-0.25, -0.2) is 0 Å². The molecule has 2 aliphatic rings. The molecule has 1 aromatic heterocycles. The Bertz CT molecular complexity index is 1130. The van der Waals surface area contributed by atoms with Gasteiger partial charge in [0.1, 0.15) is 11.5 Å². The van der Waals surface area contributed by atoms with E-state index >= 15 is 0 Å². The molecule has 1 fully saturated rings. The topological polar surface area (TPSA) is 65.6 Å². The van der Waals surface area contributed by atoms with E-state index in [4.69, 9.17) is 4.74 Å². The highest BCUT2D eigenvalue weighted by Gasteiger charge is 2.32. The Labute approximate surface area is 169 Å². The molecule has 3 aromatic rings. The van der Waals surface area contributed by atoms with Crippen LogP contribution in [-0.2, 0) is 6.54 Å². The molecule has 1 atom stereocenters. The van der Waals surface area contributed by atoms with Crippen LogP contribution in [0.4, 0.5) is 0 Å². The molecular formula is C24H24N2O3. The molecule has 0 unspecified atom stereocenters. The first-order valence-corrected chi connectivity index (χ1v) is 10.2. The Morgan fingerprint density at radius 2 is 2.14 bits per heavy atom. The Morgan fingerprint density at radius 3 is 3.00 bits per heavy atom. The molecule has 0 bridgehead atoms. The molecule has 2 aliphatic heterocycles. The van der Waals surface area contributed by atoms with Crippen molar-refractivity contribution < 1.29 is 14.6 Å². The number of piperidine rings is 1. The van der Waals surface area contributed by atoms with Crippen LogP contribution in [0.25, 0.3) is 17.0 Å². The van der Waals surface area contributed by atoms with Gasteiger partial charge in [-0.2, -0.15) is 0 Å². The van der Waals surface area contributed by atoms with Gasteiger partial charge in [-0.3, -0.25) is 9.69 Å². The van der Waals surface area contributed by atoms with Crippen molar-refractivity contribution in [1.29, 1.82) is 0 Å². The molecule has 3 heterocycles. The second kappa shape index (κ2) is 7.08. The van der Waals surface area contributed by atoms with Crippen LogP contribution in [0.15, 0.2) is 48.4 Å². The number of nitrogens with zero attached hydrogens (tertiary/aromatic N) is 1. The first-order chi connectivity index (χ1) is 14.1. The maximum atomic E-state index is 13.0. The monoisotopic (exact) mass is 388 g/mol. The summed E-state index contributed by atoms with van der Waals surface area (Å²) in [5, 5.41) is 11.5. The van der Waals surface area contributed by atoms with E-state index in [2.05, 4.69) is 16.8 Å². The van der Waals surface area contributed by atoms with Crippen molar-refractivity contribution in [3.8, 4) is 11.5 Å². The number of aromatic hydroxyl groups is 1. The van der Waals surface area contributed by atoms with Gasteiger partial charge in [0.25, 0.3) is 0 Å². The summed E-state index contributed by atoms with van der Waals surface area (Å²) >= 11 is 0. The van der Waals surface area contributed by atoms with E-state index in [1.54, 1.807) is 18.2 Å². The van der Waals surface area contributed by atoms with E-state index < -0.39 is 0 Å². The lowest BCUT2D eigenvalue weighted by Gasteiger charge is -2.31. The van der Waals surface area contributed by atoms with Gasteiger partial charge in [0.05, 0.1) is 11.1 Å². The highest BCUT2D eigenvalue weighted by Crippen LogP contribution is 2.40. The van der Waals surface area contributed by atoms with Crippen molar-refractivity contribution in [3.05, 3.63) is 65.0 Å². The number of Topliss-reactive ketones (excluding diaryl/α,β-unsaturated/α-hetero) is 1. The average molecular weight is 388 g/mol. The Morgan fingerprint density at radius 1 is 1.28 bits per heavy atom. The molecule has 0 saturated carbocycles. The number of para-hydroxylation sites is 1. The molecule has 5 heteroatoms. The van der Waals surface area contributed by atoms with E-state index in [1.807, 2.05) is 30.5 Å². The zero-order valence-electron chi connectivity index (χ0n) is 16.4. The van der Waals surface area contributed by atoms with Crippen molar-refractivity contribution in [2.24, 2.45) is 5.92 Å². The number of hydrogen-bond donors (Lipinski definition) is 2. The number of phenols is 1. The van der Waals surface area contributed by atoms with E-state index in [0.29, 0.717) is 35.1 Å². The summed E-state index contributed by atoms with van der Waals surface area (Å²) in [5.74, 6) is 1.48. The number of aromatic amines is 1. The zero-order chi connectivity index (χ0) is 20.0. The number of rotatable bonds is 3. The Hall–Kier alpha value is -3.05. The second-order valence-electron chi connectivity index (χ2n) is 8.15. The van der Waals surface area contributed by atoms with E-state index in [0.717, 1.165) is 36.0 Å². The van der Waals surface area contributed by atoms with Crippen LogP contribution in [0.1, 0.15) is 41.3 Å². The predicted molar refractivity (Wildman–Crippen MR) is 113 cm³/mol. The maximum Gasteiger partial charge on any atom is 0.231 e. The fraction of sp³-hybridized carbons (Fsp3) is 0.292. The van der Waals surface area contributed by atoms with Crippen molar-refractivity contribution in [2.45, 2.75) is 26.3 Å². The number of allylic oxidation sites excluding steroid dienone is 1. The van der Waals surface area contributed by atoms with E-state index in [-0.39, 0.29) is 11.5 Å². The SMILES string of the molecule is C[C@H]1CCCN(Cc2c(O)ccc3c2O/C(=C\c2c[nH]c4ccccc24)C3=O)C1. The quantitative estimate of drug-likeness (QED) is 0.637. The van der Waals surface area contributed by atoms with Crippen LogP contribution in [0.5, 0.6) is 11.5 Å². The molecule has 0 radical (unpaired) electrons. The second-order valence-corrected chi connectivity index (χ2v) is 8.15. The number of nitrogens with one attached hydrogen (secondary N) is 1. The van der Waals surface area contributed by atoms with Crippen molar-refractivity contribution in [2.75, 3.05) is 13.1 Å². The minimum atomic E-state index is -0.140. The molecule has 0 amide bonds. The fourth-order valence-electron chi connectivity index (χ4n) is 4.46. The largest absolute Gasteiger partial charge is 0.507 e. The molecule has 2 aromatic carbocycles. The summed E-state index contributed by atoms with van der Waals surface area (Å²) in [6, 6.07) is 11.2. The number of likely N-dealkylation sites (tertiary alicyclic amines) is 1. The summed E-state index contributed by atoms with van der Waals surface area (Å²) < 4.78 is 6.03. The van der Waals surface area contributed by atoms with Gasteiger partial charge in [0.2, 0.25) is 5.78 Å². The number of fused-ring (bicyclic) bond motifs is 2. The van der Waals surface area contributed by atoms with Crippen molar-refractivity contribution in [3.63, 3.8) is 0 Å². The van der Waals surface area contributed by atoms with Gasteiger partial charge in [-0.1, -0.05) is 25.1 Å². The number of hydrogen-bond acceptors (Lipinski definition) is 4. The molecule has 5 nitrogen and oxygen atoms in total. The van der Waals surface area contributed by atoms with Gasteiger partial charge in [-0.15, -0.1) is 0 Å². The van der Waals surface area contributed by atoms with Crippen molar-refractivity contribution in [1.82, 2.24) is 9.88 Å². The van der Waals surface area contributed by atoms with Crippen LogP contribution in [0.2, 0.25) is 0 Å². The van der Waals surface area contributed by atoms with Crippen LogP contribution >= 0.6 is 0 Å². The van der Waals surface area contributed by atoms with Crippen LogP contribution in [0, 0.1) is 5.92 Å². The Balaban J connectivity index is 1.49. The maximum absolute atomic E-state index is 13.0. The average Bonchev–Trinajstić information content (AvgIpc) is 3.26. The van der Waals surface area contributed by atoms with Crippen molar-refractivity contribution >= 4 is 22.8 Å². The zero-order valence-corrected chi connectivity index (χ0v) is 16.4. The minimum Gasteiger partial charge on any atom is -0.507 e. The number of H-pyrrole nitrogens is 1. The molecule has 0 aliphatic carbocycles. The predicted octanol–water partition coefficient (Wildman–Crippen LogP) is 4.72. The smallest absolute Gasteiger partial charge is 0.231 e. The molecule has 5 rings (SSSR count). The number of ketones is 1.